The first-order valence-corrected chi connectivity index (χ1v) is 6.77. The fourth-order valence-electron chi connectivity index (χ4n) is 2.66. The number of hydrogen-bond donors (Lipinski definition) is 2. The fraction of sp³-hybridized carbons (Fsp3) is 0.643. The topological polar surface area (TPSA) is 46.1 Å². The predicted molar refractivity (Wildman–Crippen MR) is 72.1 cm³/mol. The summed E-state index contributed by atoms with van der Waals surface area (Å²) in [5, 5.41) is 6.43. The number of aromatic nitrogens is 1. The van der Waals surface area contributed by atoms with Gasteiger partial charge in [0.05, 0.1) is 12.0 Å². The summed E-state index contributed by atoms with van der Waals surface area (Å²) in [6.45, 7) is 4.56. The maximum Gasteiger partial charge on any atom is 0.227 e. The quantitative estimate of drug-likeness (QED) is 0.848. The standard InChI is InChI=1S/C14H23N3O/c1-3-14(7-5-8-15-11-14)13(18)16-10-12-6-4-9-17(12)2/h4,6,9,15H,3,5,7-8,10-11H2,1-2H3,(H,16,18). The van der Waals surface area contributed by atoms with Crippen molar-refractivity contribution in [3.05, 3.63) is 24.0 Å². The molecule has 2 N–H and O–H groups in total. The van der Waals surface area contributed by atoms with Crippen molar-refractivity contribution in [2.75, 3.05) is 13.1 Å². The van der Waals surface area contributed by atoms with Gasteiger partial charge in [-0.3, -0.25) is 4.79 Å². The number of hydrogen-bond acceptors (Lipinski definition) is 2. The summed E-state index contributed by atoms with van der Waals surface area (Å²) in [7, 11) is 2.00. The van der Waals surface area contributed by atoms with Gasteiger partial charge in [-0.1, -0.05) is 6.92 Å². The van der Waals surface area contributed by atoms with Gasteiger partial charge in [0.2, 0.25) is 5.91 Å². The molecule has 2 heterocycles. The summed E-state index contributed by atoms with van der Waals surface area (Å²) in [5.74, 6) is 0.193. The third-order valence-corrected chi connectivity index (χ3v) is 4.11. The van der Waals surface area contributed by atoms with Crippen molar-refractivity contribution in [2.24, 2.45) is 12.5 Å². The van der Waals surface area contributed by atoms with E-state index in [1.807, 2.05) is 29.9 Å². The summed E-state index contributed by atoms with van der Waals surface area (Å²) < 4.78 is 2.04. The van der Waals surface area contributed by atoms with Crippen LogP contribution in [0.25, 0.3) is 0 Å². The monoisotopic (exact) mass is 249 g/mol. The van der Waals surface area contributed by atoms with Crippen LogP contribution in [0.3, 0.4) is 0 Å². The lowest BCUT2D eigenvalue weighted by Crippen LogP contribution is -2.50. The zero-order valence-electron chi connectivity index (χ0n) is 11.3. The molecule has 1 atom stereocenters. The van der Waals surface area contributed by atoms with Crippen LogP contribution in [0.2, 0.25) is 0 Å². The van der Waals surface area contributed by atoms with Gasteiger partial charge >= 0.3 is 0 Å². The van der Waals surface area contributed by atoms with Crippen LogP contribution >= 0.6 is 0 Å². The molecular weight excluding hydrogens is 226 g/mol. The van der Waals surface area contributed by atoms with Gasteiger partial charge in [0.25, 0.3) is 0 Å². The Kier molecular flexibility index (Phi) is 4.07. The van der Waals surface area contributed by atoms with Crippen molar-refractivity contribution >= 4 is 5.91 Å². The van der Waals surface area contributed by atoms with Crippen molar-refractivity contribution in [3.63, 3.8) is 0 Å². The molecule has 1 unspecified atom stereocenters. The molecule has 1 aromatic rings. The molecule has 1 fully saturated rings. The minimum absolute atomic E-state index is 0.193. The summed E-state index contributed by atoms with van der Waals surface area (Å²) >= 11 is 0. The molecule has 1 amide bonds. The molecule has 2 rings (SSSR count). The number of nitrogens with zero attached hydrogens (tertiary/aromatic N) is 1. The minimum atomic E-state index is -0.205. The highest BCUT2D eigenvalue weighted by atomic mass is 16.2. The van der Waals surface area contributed by atoms with E-state index in [1.165, 1.54) is 0 Å². The second kappa shape index (κ2) is 5.57. The van der Waals surface area contributed by atoms with Crippen LogP contribution in [0.15, 0.2) is 18.3 Å². The Morgan fingerprint density at radius 2 is 2.44 bits per heavy atom. The predicted octanol–water partition coefficient (Wildman–Crippen LogP) is 1.42. The van der Waals surface area contributed by atoms with E-state index in [2.05, 4.69) is 17.6 Å². The van der Waals surface area contributed by atoms with E-state index in [9.17, 15) is 4.79 Å². The molecule has 1 aliphatic rings. The van der Waals surface area contributed by atoms with Gasteiger partial charge in [-0.15, -0.1) is 0 Å². The third-order valence-electron chi connectivity index (χ3n) is 4.11. The van der Waals surface area contributed by atoms with E-state index in [1.54, 1.807) is 0 Å². The van der Waals surface area contributed by atoms with Gasteiger partial charge in [-0.2, -0.15) is 0 Å². The number of carbonyl (C=O) groups is 1. The summed E-state index contributed by atoms with van der Waals surface area (Å²) in [6, 6.07) is 4.04. The summed E-state index contributed by atoms with van der Waals surface area (Å²) in [4.78, 5) is 12.4. The van der Waals surface area contributed by atoms with Crippen molar-refractivity contribution in [2.45, 2.75) is 32.7 Å². The molecular formula is C14H23N3O. The van der Waals surface area contributed by atoms with E-state index in [4.69, 9.17) is 0 Å². The van der Waals surface area contributed by atoms with Gasteiger partial charge in [0, 0.05) is 25.5 Å². The second-order valence-corrected chi connectivity index (χ2v) is 5.21. The van der Waals surface area contributed by atoms with Crippen LogP contribution in [0.5, 0.6) is 0 Å². The summed E-state index contributed by atoms with van der Waals surface area (Å²) in [6.07, 6.45) is 4.99. The van der Waals surface area contributed by atoms with Crippen LogP contribution in [-0.2, 0) is 18.4 Å². The number of amides is 1. The van der Waals surface area contributed by atoms with Crippen LogP contribution in [0.1, 0.15) is 31.9 Å². The highest BCUT2D eigenvalue weighted by Crippen LogP contribution is 2.30. The van der Waals surface area contributed by atoms with E-state index in [-0.39, 0.29) is 11.3 Å². The zero-order chi connectivity index (χ0) is 13.0. The lowest BCUT2D eigenvalue weighted by molar-refractivity contribution is -0.132. The SMILES string of the molecule is CCC1(C(=O)NCc2cccn2C)CCCNC1. The van der Waals surface area contributed by atoms with Crippen LogP contribution in [-0.4, -0.2) is 23.6 Å². The van der Waals surface area contributed by atoms with E-state index < -0.39 is 0 Å². The number of carbonyl (C=O) groups excluding carboxylic acids is 1. The Hall–Kier alpha value is -1.29. The lowest BCUT2D eigenvalue weighted by atomic mass is 9.77. The maximum atomic E-state index is 12.4. The number of piperidine rings is 1. The molecule has 100 valence electrons. The molecule has 1 saturated heterocycles. The van der Waals surface area contributed by atoms with Gasteiger partial charge in [-0.25, -0.2) is 0 Å². The van der Waals surface area contributed by atoms with Crippen LogP contribution in [0, 0.1) is 5.41 Å². The van der Waals surface area contributed by atoms with Crippen LogP contribution < -0.4 is 10.6 Å². The largest absolute Gasteiger partial charge is 0.353 e. The number of rotatable bonds is 4. The molecule has 0 aromatic carbocycles. The van der Waals surface area contributed by atoms with E-state index >= 15 is 0 Å². The number of aryl methyl sites for hydroxylation is 1. The van der Waals surface area contributed by atoms with Crippen molar-refractivity contribution in [1.29, 1.82) is 0 Å². The first kappa shape index (κ1) is 13.1. The molecule has 0 saturated carbocycles. The van der Waals surface area contributed by atoms with Gasteiger partial charge in [0.1, 0.15) is 0 Å². The minimum Gasteiger partial charge on any atom is -0.353 e. The molecule has 4 nitrogen and oxygen atoms in total. The first-order valence-electron chi connectivity index (χ1n) is 6.77. The molecule has 1 aliphatic heterocycles. The Balaban J connectivity index is 1.96. The Morgan fingerprint density at radius 1 is 1.61 bits per heavy atom. The first-order chi connectivity index (χ1) is 8.68. The lowest BCUT2D eigenvalue weighted by Gasteiger charge is -2.35. The molecule has 4 heteroatoms. The molecule has 1 aromatic heterocycles. The van der Waals surface area contributed by atoms with Crippen molar-refractivity contribution < 1.29 is 4.79 Å². The average Bonchev–Trinajstić information content (AvgIpc) is 2.82. The zero-order valence-corrected chi connectivity index (χ0v) is 11.3. The highest BCUT2D eigenvalue weighted by Gasteiger charge is 2.37. The average molecular weight is 249 g/mol. The Labute approximate surface area is 109 Å². The summed E-state index contributed by atoms with van der Waals surface area (Å²) in [5.41, 5.74) is 0.932. The van der Waals surface area contributed by atoms with Gasteiger partial charge in [-0.05, 0) is 37.9 Å². The van der Waals surface area contributed by atoms with E-state index in [0.29, 0.717) is 6.54 Å². The van der Waals surface area contributed by atoms with Gasteiger partial charge < -0.3 is 15.2 Å². The fourth-order valence-corrected chi connectivity index (χ4v) is 2.66. The van der Waals surface area contributed by atoms with Crippen molar-refractivity contribution in [1.82, 2.24) is 15.2 Å². The van der Waals surface area contributed by atoms with Crippen molar-refractivity contribution in [3.8, 4) is 0 Å². The Bertz CT molecular complexity index is 405. The molecule has 18 heavy (non-hydrogen) atoms. The Morgan fingerprint density at radius 3 is 3.00 bits per heavy atom. The van der Waals surface area contributed by atoms with Gasteiger partial charge in [0.15, 0.2) is 0 Å². The van der Waals surface area contributed by atoms with Crippen LogP contribution in [0.4, 0.5) is 0 Å². The number of nitrogens with one attached hydrogen (secondary N) is 2. The second-order valence-electron chi connectivity index (χ2n) is 5.21. The molecule has 0 spiro atoms. The molecule has 0 aliphatic carbocycles. The highest BCUT2D eigenvalue weighted by molar-refractivity contribution is 5.82. The molecule has 0 bridgehead atoms. The third kappa shape index (κ3) is 2.58. The van der Waals surface area contributed by atoms with E-state index in [0.717, 1.165) is 38.0 Å². The maximum absolute atomic E-state index is 12.4. The smallest absolute Gasteiger partial charge is 0.227 e. The normalized spacial score (nSPS) is 23.9. The molecule has 0 radical (unpaired) electrons.